The van der Waals surface area contributed by atoms with Crippen molar-refractivity contribution in [1.82, 2.24) is 14.8 Å². The fourth-order valence-corrected chi connectivity index (χ4v) is 4.33. The Hall–Kier alpha value is -2.54. The van der Waals surface area contributed by atoms with Gasteiger partial charge in [0.25, 0.3) is 0 Å². The second-order valence-corrected chi connectivity index (χ2v) is 8.83. The van der Waals surface area contributed by atoms with Gasteiger partial charge in [-0.1, -0.05) is 6.92 Å². The zero-order valence-corrected chi connectivity index (χ0v) is 17.2. The van der Waals surface area contributed by atoms with Crippen LogP contribution in [0.1, 0.15) is 36.4 Å². The van der Waals surface area contributed by atoms with Crippen LogP contribution in [0.2, 0.25) is 0 Å². The smallest absolute Gasteiger partial charge is 0.305 e. The maximum absolute atomic E-state index is 14.0. The first-order valence-corrected chi connectivity index (χ1v) is 10.6. The number of hydrogen-bond acceptors (Lipinski definition) is 4. The molecule has 2 aromatic rings. The summed E-state index contributed by atoms with van der Waals surface area (Å²) in [5.74, 6) is -0.969. The highest BCUT2D eigenvalue weighted by molar-refractivity contribution is 7.91. The van der Waals surface area contributed by atoms with Crippen molar-refractivity contribution in [2.75, 3.05) is 5.32 Å². The highest BCUT2D eigenvalue weighted by Crippen LogP contribution is 2.40. The van der Waals surface area contributed by atoms with Crippen LogP contribution >= 0.6 is 0 Å². The van der Waals surface area contributed by atoms with Crippen molar-refractivity contribution in [3.05, 3.63) is 34.5 Å². The number of carbonyl (C=O) groups excluding carboxylic acids is 1. The van der Waals surface area contributed by atoms with Gasteiger partial charge in [0.2, 0.25) is 5.03 Å². The molecule has 0 aliphatic heterocycles. The molecule has 0 radical (unpaired) electrons. The summed E-state index contributed by atoms with van der Waals surface area (Å²) in [7, 11) is -4.06. The fourth-order valence-electron chi connectivity index (χ4n) is 3.40. The van der Waals surface area contributed by atoms with E-state index < -0.39 is 38.7 Å². The number of urea groups is 1. The highest BCUT2D eigenvalue weighted by Gasteiger charge is 2.38. The molecule has 13 heteroatoms. The molecule has 0 saturated heterocycles. The van der Waals surface area contributed by atoms with Crippen LogP contribution < -0.4 is 10.5 Å². The van der Waals surface area contributed by atoms with Gasteiger partial charge in [-0.05, 0) is 38.2 Å². The third-order valence-electron chi connectivity index (χ3n) is 4.73. The van der Waals surface area contributed by atoms with Gasteiger partial charge in [-0.15, -0.1) is 4.36 Å². The molecule has 164 valence electrons. The van der Waals surface area contributed by atoms with E-state index in [4.69, 9.17) is 5.14 Å². The van der Waals surface area contributed by atoms with Gasteiger partial charge < -0.3 is 5.32 Å². The molecular formula is C17H20F4N6O2S. The Morgan fingerprint density at radius 1 is 1.43 bits per heavy atom. The topological polar surface area (TPSA) is 115 Å². The summed E-state index contributed by atoms with van der Waals surface area (Å²) >= 11 is 0. The molecule has 1 aliphatic rings. The van der Waals surface area contributed by atoms with Crippen molar-refractivity contribution < 1.29 is 26.6 Å². The SMILES string of the molecule is CCn1cc(F)c([S@](N)(=O)=NC(=O)Nc2c(C)c(C(F)(F)F)nc3c2CC(C)C3)n1. The van der Waals surface area contributed by atoms with E-state index in [-0.39, 0.29) is 29.4 Å². The van der Waals surface area contributed by atoms with Crippen LogP contribution in [0.15, 0.2) is 15.6 Å². The zero-order valence-electron chi connectivity index (χ0n) is 16.4. The Morgan fingerprint density at radius 3 is 2.67 bits per heavy atom. The van der Waals surface area contributed by atoms with E-state index >= 15 is 0 Å². The second kappa shape index (κ2) is 7.61. The van der Waals surface area contributed by atoms with E-state index in [0.717, 1.165) is 10.9 Å². The minimum absolute atomic E-state index is 0.0359. The first kappa shape index (κ1) is 22.2. The quantitative estimate of drug-likeness (QED) is 0.700. The normalized spacial score (nSPS) is 18.1. The van der Waals surface area contributed by atoms with Crippen LogP contribution in [0.5, 0.6) is 0 Å². The molecule has 2 heterocycles. The first-order chi connectivity index (χ1) is 13.8. The fraction of sp³-hybridized carbons (Fsp3) is 0.471. The Kier molecular flexibility index (Phi) is 5.62. The van der Waals surface area contributed by atoms with Crippen molar-refractivity contribution in [3.8, 4) is 0 Å². The average molecular weight is 448 g/mol. The number of nitrogens with zero attached hydrogens (tertiary/aromatic N) is 4. The molecule has 2 amide bonds. The monoisotopic (exact) mass is 448 g/mol. The number of halogens is 4. The Balaban J connectivity index is 2.03. The Bertz CT molecular complexity index is 1130. The first-order valence-electron chi connectivity index (χ1n) is 9.01. The molecule has 8 nitrogen and oxygen atoms in total. The number of aryl methyl sites for hydroxylation is 1. The lowest BCUT2D eigenvalue weighted by Gasteiger charge is -2.17. The van der Waals surface area contributed by atoms with Gasteiger partial charge in [0.15, 0.2) is 15.7 Å². The molecule has 30 heavy (non-hydrogen) atoms. The summed E-state index contributed by atoms with van der Waals surface area (Å²) in [6.07, 6.45) is -3.04. The van der Waals surface area contributed by atoms with Crippen LogP contribution in [0, 0.1) is 18.7 Å². The minimum atomic E-state index is -4.72. The van der Waals surface area contributed by atoms with Crippen molar-refractivity contribution in [2.45, 2.75) is 51.4 Å². The van der Waals surface area contributed by atoms with Crippen molar-refractivity contribution in [1.29, 1.82) is 0 Å². The lowest BCUT2D eigenvalue weighted by molar-refractivity contribution is -0.141. The van der Waals surface area contributed by atoms with E-state index in [1.165, 1.54) is 6.92 Å². The molecule has 0 spiro atoms. The van der Waals surface area contributed by atoms with Crippen LogP contribution in [-0.4, -0.2) is 25.0 Å². The zero-order chi connectivity index (χ0) is 22.4. The van der Waals surface area contributed by atoms with E-state index in [1.54, 1.807) is 6.92 Å². The van der Waals surface area contributed by atoms with Gasteiger partial charge >= 0.3 is 12.2 Å². The molecule has 1 aliphatic carbocycles. The molecular weight excluding hydrogens is 428 g/mol. The van der Waals surface area contributed by atoms with E-state index in [1.807, 2.05) is 6.92 Å². The van der Waals surface area contributed by atoms with Crippen LogP contribution in [-0.2, 0) is 35.5 Å². The van der Waals surface area contributed by atoms with Gasteiger partial charge in [-0.2, -0.15) is 18.3 Å². The largest absolute Gasteiger partial charge is 0.433 e. The molecule has 2 aromatic heterocycles. The molecule has 1 unspecified atom stereocenters. The Labute approximate surface area is 170 Å². The summed E-state index contributed by atoms with van der Waals surface area (Å²) in [5, 5.41) is 10.8. The van der Waals surface area contributed by atoms with Gasteiger partial charge in [0, 0.05) is 17.8 Å². The van der Waals surface area contributed by atoms with Crippen molar-refractivity contribution in [2.24, 2.45) is 15.4 Å². The lowest BCUT2D eigenvalue weighted by Crippen LogP contribution is -2.21. The molecule has 0 fully saturated rings. The van der Waals surface area contributed by atoms with E-state index in [2.05, 4.69) is 19.8 Å². The number of alkyl halides is 3. The summed E-state index contributed by atoms with van der Waals surface area (Å²) in [6.45, 7) is 4.95. The summed E-state index contributed by atoms with van der Waals surface area (Å²) in [5.41, 5.74) is -0.811. The number of pyridine rings is 1. The number of amides is 2. The maximum atomic E-state index is 14.0. The molecule has 3 rings (SSSR count). The van der Waals surface area contributed by atoms with Gasteiger partial charge in [0.1, 0.15) is 5.69 Å². The van der Waals surface area contributed by atoms with Crippen LogP contribution in [0.4, 0.5) is 28.0 Å². The van der Waals surface area contributed by atoms with E-state index in [9.17, 15) is 26.6 Å². The van der Waals surface area contributed by atoms with Gasteiger partial charge in [-0.3, -0.25) is 4.68 Å². The maximum Gasteiger partial charge on any atom is 0.433 e. The molecule has 2 atom stereocenters. The second-order valence-electron chi connectivity index (χ2n) is 7.12. The number of anilines is 1. The van der Waals surface area contributed by atoms with Crippen molar-refractivity contribution >= 4 is 21.6 Å². The Morgan fingerprint density at radius 2 is 2.10 bits per heavy atom. The lowest BCUT2D eigenvalue weighted by atomic mass is 10.0. The average Bonchev–Trinajstić information content (AvgIpc) is 3.18. The summed E-state index contributed by atoms with van der Waals surface area (Å²) in [4.78, 5) is 16.1. The number of rotatable bonds is 3. The summed E-state index contributed by atoms with van der Waals surface area (Å²) in [6, 6.07) is -1.27. The van der Waals surface area contributed by atoms with Gasteiger partial charge in [0.05, 0.1) is 11.9 Å². The molecule has 0 aromatic carbocycles. The van der Waals surface area contributed by atoms with Crippen molar-refractivity contribution in [3.63, 3.8) is 0 Å². The standard InChI is InChI=1S/C17H20F4N6O2S/c1-4-27-7-11(18)15(25-27)30(22,29)26-16(28)24-13-9(3)14(17(19,20)21)23-12-6-8(2)5-10(12)13/h7-8H,4-6H2,1-3H3,(H3,22,23,24,26,28,29)/t8?,30-/m1/s1. The van der Waals surface area contributed by atoms with Crippen LogP contribution in [0.3, 0.4) is 0 Å². The highest BCUT2D eigenvalue weighted by atomic mass is 32.2. The predicted octanol–water partition coefficient (Wildman–Crippen LogP) is 3.43. The van der Waals surface area contributed by atoms with E-state index in [0.29, 0.717) is 18.4 Å². The minimum Gasteiger partial charge on any atom is -0.305 e. The molecule has 3 N–H and O–H groups in total. The predicted molar refractivity (Wildman–Crippen MR) is 100 cm³/mol. The third kappa shape index (κ3) is 4.17. The summed E-state index contributed by atoms with van der Waals surface area (Å²) < 4.78 is 71.1. The number of nitrogens with two attached hydrogens (primary N) is 1. The number of fused-ring (bicyclic) bond motifs is 1. The molecule has 0 bridgehead atoms. The van der Waals surface area contributed by atoms with Gasteiger partial charge in [-0.25, -0.2) is 23.5 Å². The number of carbonyl (C=O) groups is 1. The third-order valence-corrected chi connectivity index (χ3v) is 6.00. The van der Waals surface area contributed by atoms with Crippen LogP contribution in [0.25, 0.3) is 0 Å². The number of hydrogen-bond donors (Lipinski definition) is 2. The molecule has 0 saturated carbocycles. The number of nitrogens with one attached hydrogen (secondary N) is 1. The number of aromatic nitrogens is 3.